The molecule has 0 unspecified atom stereocenters. The van der Waals surface area contributed by atoms with Gasteiger partial charge in [0.05, 0.1) is 11.0 Å². The molecule has 4 aromatic rings. The maximum Gasteiger partial charge on any atom is 0.0715 e. The molecule has 22 heavy (non-hydrogen) atoms. The summed E-state index contributed by atoms with van der Waals surface area (Å²) in [6, 6.07) is 25.2. The van der Waals surface area contributed by atoms with E-state index in [1.807, 2.05) is 6.07 Å². The van der Waals surface area contributed by atoms with Crippen LogP contribution >= 0.6 is 0 Å². The molecule has 2 N–H and O–H groups in total. The first kappa shape index (κ1) is 13.0. The van der Waals surface area contributed by atoms with E-state index >= 15 is 0 Å². The molecule has 0 spiro atoms. The van der Waals surface area contributed by atoms with Gasteiger partial charge in [0.25, 0.3) is 0 Å². The highest BCUT2D eigenvalue weighted by Crippen LogP contribution is 2.30. The number of nitrogens with two attached hydrogens (primary N) is 1. The smallest absolute Gasteiger partial charge is 0.0715 e. The molecule has 3 aromatic carbocycles. The Balaban J connectivity index is 1.98. The van der Waals surface area contributed by atoms with Gasteiger partial charge in [0.2, 0.25) is 0 Å². The number of hydrogen-bond donors (Lipinski definition) is 1. The third kappa shape index (κ3) is 2.14. The summed E-state index contributed by atoms with van der Waals surface area (Å²) < 4.78 is 0. The van der Waals surface area contributed by atoms with Crippen molar-refractivity contribution in [3.05, 3.63) is 78.4 Å². The van der Waals surface area contributed by atoms with Gasteiger partial charge in [-0.05, 0) is 34.9 Å². The van der Waals surface area contributed by atoms with Gasteiger partial charge in [-0.25, -0.2) is 4.98 Å². The van der Waals surface area contributed by atoms with Crippen molar-refractivity contribution in [3.8, 4) is 11.1 Å². The average molecular weight is 284 g/mol. The summed E-state index contributed by atoms with van der Waals surface area (Å²) in [5.41, 5.74) is 11.3. The topological polar surface area (TPSA) is 38.9 Å². The van der Waals surface area contributed by atoms with Crippen LogP contribution < -0.4 is 5.73 Å². The number of nitrogens with zero attached hydrogens (tertiary/aromatic N) is 1. The second-order valence-corrected chi connectivity index (χ2v) is 5.45. The van der Waals surface area contributed by atoms with Gasteiger partial charge in [-0.1, -0.05) is 54.6 Å². The fourth-order valence-corrected chi connectivity index (χ4v) is 2.87. The Morgan fingerprint density at radius 2 is 1.55 bits per heavy atom. The molecule has 0 atom stereocenters. The third-order valence-corrected chi connectivity index (χ3v) is 4.06. The summed E-state index contributed by atoms with van der Waals surface area (Å²) in [6.07, 6.45) is 0. The SMILES string of the molecule is NCc1ccc(-c2cccc3nc4ccccc4cc23)cc1. The van der Waals surface area contributed by atoms with Gasteiger partial charge in [0.15, 0.2) is 0 Å². The van der Waals surface area contributed by atoms with E-state index in [1.54, 1.807) is 0 Å². The van der Waals surface area contributed by atoms with Crippen LogP contribution in [0.1, 0.15) is 5.56 Å². The quantitative estimate of drug-likeness (QED) is 0.550. The molecule has 2 heteroatoms. The Kier molecular flexibility index (Phi) is 3.10. The minimum atomic E-state index is 0.571. The molecule has 2 nitrogen and oxygen atoms in total. The summed E-state index contributed by atoms with van der Waals surface area (Å²) in [4.78, 5) is 4.78. The highest BCUT2D eigenvalue weighted by molar-refractivity contribution is 6.01. The van der Waals surface area contributed by atoms with E-state index in [1.165, 1.54) is 21.9 Å². The molecule has 0 aliphatic rings. The normalized spacial score (nSPS) is 11.1. The molecular formula is C20H16N2. The first-order chi connectivity index (χ1) is 10.8. The fraction of sp³-hybridized carbons (Fsp3) is 0.0500. The molecule has 1 aromatic heterocycles. The highest BCUT2D eigenvalue weighted by atomic mass is 14.7. The Labute approximate surface area is 129 Å². The maximum atomic E-state index is 5.68. The van der Waals surface area contributed by atoms with Crippen molar-refractivity contribution in [2.45, 2.75) is 6.54 Å². The number of aromatic nitrogens is 1. The van der Waals surface area contributed by atoms with E-state index in [4.69, 9.17) is 10.7 Å². The second-order valence-electron chi connectivity index (χ2n) is 5.45. The molecule has 0 aliphatic heterocycles. The third-order valence-electron chi connectivity index (χ3n) is 4.06. The predicted molar refractivity (Wildman–Crippen MR) is 92.6 cm³/mol. The van der Waals surface area contributed by atoms with E-state index in [-0.39, 0.29) is 0 Å². The molecule has 0 radical (unpaired) electrons. The van der Waals surface area contributed by atoms with Crippen LogP contribution in [0.5, 0.6) is 0 Å². The van der Waals surface area contributed by atoms with Crippen molar-refractivity contribution in [2.24, 2.45) is 5.73 Å². The summed E-state index contributed by atoms with van der Waals surface area (Å²) in [7, 11) is 0. The Morgan fingerprint density at radius 1 is 0.773 bits per heavy atom. The van der Waals surface area contributed by atoms with Crippen molar-refractivity contribution in [1.29, 1.82) is 0 Å². The molecule has 106 valence electrons. The number of pyridine rings is 1. The molecule has 0 saturated carbocycles. The van der Waals surface area contributed by atoms with Crippen molar-refractivity contribution in [3.63, 3.8) is 0 Å². The lowest BCUT2D eigenvalue weighted by molar-refractivity contribution is 1.07. The molecule has 1 heterocycles. The van der Waals surface area contributed by atoms with Gasteiger partial charge in [-0.2, -0.15) is 0 Å². The van der Waals surface area contributed by atoms with Crippen LogP contribution in [0.4, 0.5) is 0 Å². The fourth-order valence-electron chi connectivity index (χ4n) is 2.87. The first-order valence-electron chi connectivity index (χ1n) is 7.43. The van der Waals surface area contributed by atoms with Crippen LogP contribution in [0.3, 0.4) is 0 Å². The number of benzene rings is 3. The molecule has 0 aliphatic carbocycles. The monoisotopic (exact) mass is 284 g/mol. The lowest BCUT2D eigenvalue weighted by Crippen LogP contribution is -1.95. The predicted octanol–water partition coefficient (Wildman–Crippen LogP) is 4.51. The van der Waals surface area contributed by atoms with Crippen molar-refractivity contribution >= 4 is 21.8 Å². The Bertz CT molecular complexity index is 956. The summed E-state index contributed by atoms with van der Waals surface area (Å²) in [5, 5.41) is 2.35. The van der Waals surface area contributed by atoms with Gasteiger partial charge in [-0.3, -0.25) is 0 Å². The van der Waals surface area contributed by atoms with Crippen LogP contribution in [-0.4, -0.2) is 4.98 Å². The van der Waals surface area contributed by atoms with Gasteiger partial charge in [-0.15, -0.1) is 0 Å². The second kappa shape index (κ2) is 5.24. The van der Waals surface area contributed by atoms with E-state index in [9.17, 15) is 0 Å². The molecule has 0 fully saturated rings. The summed E-state index contributed by atoms with van der Waals surface area (Å²) >= 11 is 0. The summed E-state index contributed by atoms with van der Waals surface area (Å²) in [5.74, 6) is 0. The number of hydrogen-bond acceptors (Lipinski definition) is 2. The van der Waals surface area contributed by atoms with Crippen LogP contribution in [0.2, 0.25) is 0 Å². The summed E-state index contributed by atoms with van der Waals surface area (Å²) in [6.45, 7) is 0.571. The Morgan fingerprint density at radius 3 is 2.36 bits per heavy atom. The lowest BCUT2D eigenvalue weighted by Gasteiger charge is -2.09. The molecule has 0 saturated heterocycles. The van der Waals surface area contributed by atoms with Crippen LogP contribution in [0.25, 0.3) is 32.9 Å². The zero-order chi connectivity index (χ0) is 14.9. The minimum absolute atomic E-state index is 0.571. The largest absolute Gasteiger partial charge is 0.326 e. The van der Waals surface area contributed by atoms with Gasteiger partial charge in [0.1, 0.15) is 0 Å². The van der Waals surface area contributed by atoms with Gasteiger partial charge >= 0.3 is 0 Å². The number of para-hydroxylation sites is 1. The number of rotatable bonds is 2. The molecule has 4 rings (SSSR count). The Hall–Kier alpha value is -2.71. The average Bonchev–Trinajstić information content (AvgIpc) is 2.59. The van der Waals surface area contributed by atoms with E-state index in [0.717, 1.165) is 16.6 Å². The minimum Gasteiger partial charge on any atom is -0.326 e. The maximum absolute atomic E-state index is 5.68. The zero-order valence-corrected chi connectivity index (χ0v) is 12.2. The van der Waals surface area contributed by atoms with E-state index < -0.39 is 0 Å². The van der Waals surface area contributed by atoms with Gasteiger partial charge in [0, 0.05) is 17.3 Å². The van der Waals surface area contributed by atoms with E-state index in [0.29, 0.717) is 6.54 Å². The van der Waals surface area contributed by atoms with Gasteiger partial charge < -0.3 is 5.73 Å². The zero-order valence-electron chi connectivity index (χ0n) is 12.2. The van der Waals surface area contributed by atoms with Crippen LogP contribution in [-0.2, 0) is 6.54 Å². The van der Waals surface area contributed by atoms with E-state index in [2.05, 4.69) is 66.7 Å². The standard InChI is InChI=1S/C20H16N2/c21-13-14-8-10-15(11-9-14)17-5-3-7-20-18(17)12-16-4-1-2-6-19(16)22-20/h1-12H,13,21H2. The van der Waals surface area contributed by atoms with Crippen molar-refractivity contribution in [2.75, 3.05) is 0 Å². The molecular weight excluding hydrogens is 268 g/mol. The van der Waals surface area contributed by atoms with Crippen molar-refractivity contribution < 1.29 is 0 Å². The number of fused-ring (bicyclic) bond motifs is 2. The molecule has 0 amide bonds. The molecule has 0 bridgehead atoms. The first-order valence-corrected chi connectivity index (χ1v) is 7.43. The van der Waals surface area contributed by atoms with Crippen molar-refractivity contribution in [1.82, 2.24) is 4.98 Å². The van der Waals surface area contributed by atoms with Crippen LogP contribution in [0.15, 0.2) is 72.8 Å². The lowest BCUT2D eigenvalue weighted by atomic mass is 9.98. The highest BCUT2D eigenvalue weighted by Gasteiger charge is 2.06. The van der Waals surface area contributed by atoms with Crippen LogP contribution in [0, 0.1) is 0 Å².